The molecule has 0 spiro atoms. The van der Waals surface area contributed by atoms with Gasteiger partial charge in [0.15, 0.2) is 0 Å². The zero-order valence-corrected chi connectivity index (χ0v) is 26.4. The lowest BCUT2D eigenvalue weighted by atomic mass is 9.69. The van der Waals surface area contributed by atoms with Crippen molar-refractivity contribution in [2.45, 2.75) is 97.0 Å². The van der Waals surface area contributed by atoms with Crippen molar-refractivity contribution in [3.05, 3.63) is 59.7 Å². The van der Waals surface area contributed by atoms with E-state index in [-0.39, 0.29) is 24.3 Å². The Balaban J connectivity index is 1.25. The van der Waals surface area contributed by atoms with Crippen LogP contribution in [0.25, 0.3) is 10.8 Å². The van der Waals surface area contributed by atoms with E-state index in [0.29, 0.717) is 30.3 Å². The van der Waals surface area contributed by atoms with Gasteiger partial charge < -0.3 is 19.3 Å². The molecular formula is C37H52O6. The van der Waals surface area contributed by atoms with Crippen LogP contribution in [-0.2, 0) is 30.2 Å². The molecule has 3 atom stereocenters. The Labute approximate surface area is 258 Å². The molecule has 2 aliphatic rings. The molecule has 0 bridgehead atoms. The second kappa shape index (κ2) is 17.0. The van der Waals surface area contributed by atoms with Crippen molar-refractivity contribution in [2.75, 3.05) is 26.4 Å². The molecule has 1 aliphatic carbocycles. The maximum Gasteiger partial charge on any atom is 0.335 e. The molecule has 43 heavy (non-hydrogen) atoms. The van der Waals surface area contributed by atoms with Gasteiger partial charge in [-0.2, -0.15) is 0 Å². The highest BCUT2D eigenvalue weighted by Gasteiger charge is 2.34. The summed E-state index contributed by atoms with van der Waals surface area (Å²) in [6, 6.07) is 13.8. The van der Waals surface area contributed by atoms with E-state index >= 15 is 0 Å². The third kappa shape index (κ3) is 9.90. The second-order valence-electron chi connectivity index (χ2n) is 12.8. The quantitative estimate of drug-likeness (QED) is 0.129. The first-order valence-corrected chi connectivity index (χ1v) is 16.6. The average molecular weight is 593 g/mol. The van der Waals surface area contributed by atoms with E-state index in [4.69, 9.17) is 19.3 Å². The summed E-state index contributed by atoms with van der Waals surface area (Å²) in [6.07, 6.45) is 13.6. The number of aliphatic hydroxyl groups excluding tert-OH is 1. The van der Waals surface area contributed by atoms with Gasteiger partial charge in [-0.1, -0.05) is 56.7 Å². The van der Waals surface area contributed by atoms with E-state index in [1.807, 2.05) is 0 Å². The summed E-state index contributed by atoms with van der Waals surface area (Å²) in [7, 11) is 0. The Morgan fingerprint density at radius 1 is 0.930 bits per heavy atom. The van der Waals surface area contributed by atoms with Crippen LogP contribution >= 0.6 is 0 Å². The minimum absolute atomic E-state index is 0.0706. The van der Waals surface area contributed by atoms with Crippen LogP contribution in [0.4, 0.5) is 0 Å². The molecule has 1 saturated heterocycles. The molecule has 4 rings (SSSR count). The first-order valence-electron chi connectivity index (χ1n) is 16.6. The number of hydrogen-bond donors (Lipinski definition) is 1. The number of benzene rings is 2. The SMILES string of the molecule is C=C(CO)C(=O)OCCC(CCOC(C)=O)C1CCC(C2CCC(c3ccc4cc(CCCCC)ccc4c3)OC2)CC1. The number of ether oxygens (including phenoxy) is 3. The van der Waals surface area contributed by atoms with Gasteiger partial charge in [-0.15, -0.1) is 0 Å². The van der Waals surface area contributed by atoms with Gasteiger partial charge in [0.05, 0.1) is 38.1 Å². The molecule has 6 heteroatoms. The van der Waals surface area contributed by atoms with E-state index in [1.165, 1.54) is 67.3 Å². The molecule has 1 saturated carbocycles. The van der Waals surface area contributed by atoms with Crippen LogP contribution in [0.15, 0.2) is 48.6 Å². The van der Waals surface area contributed by atoms with E-state index in [0.717, 1.165) is 45.1 Å². The summed E-state index contributed by atoms with van der Waals surface area (Å²) in [5, 5.41) is 11.7. The number of carbonyl (C=O) groups excluding carboxylic acids is 2. The fourth-order valence-corrected chi connectivity index (χ4v) is 7.18. The molecule has 0 radical (unpaired) electrons. The molecule has 0 aromatic heterocycles. The molecule has 6 nitrogen and oxygen atoms in total. The lowest BCUT2D eigenvalue weighted by molar-refractivity contribution is -0.141. The van der Waals surface area contributed by atoms with Gasteiger partial charge in [-0.3, -0.25) is 4.79 Å². The summed E-state index contributed by atoms with van der Waals surface area (Å²) in [5.74, 6) is 1.32. The predicted octanol–water partition coefficient (Wildman–Crippen LogP) is 7.90. The highest BCUT2D eigenvalue weighted by atomic mass is 16.5. The maximum atomic E-state index is 11.9. The van der Waals surface area contributed by atoms with Gasteiger partial charge in [0.25, 0.3) is 0 Å². The Hall–Kier alpha value is -2.70. The molecule has 1 N–H and O–H groups in total. The third-order valence-electron chi connectivity index (χ3n) is 9.83. The largest absolute Gasteiger partial charge is 0.466 e. The molecule has 0 amide bonds. The van der Waals surface area contributed by atoms with Crippen molar-refractivity contribution in [1.29, 1.82) is 0 Å². The molecule has 2 aromatic rings. The normalized spacial score (nSPS) is 23.0. The molecule has 2 fully saturated rings. The van der Waals surface area contributed by atoms with Crippen molar-refractivity contribution in [3.63, 3.8) is 0 Å². The van der Waals surface area contributed by atoms with Crippen LogP contribution in [0.5, 0.6) is 0 Å². The summed E-state index contributed by atoms with van der Waals surface area (Å²) in [4.78, 5) is 23.2. The zero-order valence-electron chi connectivity index (χ0n) is 26.4. The number of fused-ring (bicyclic) bond motifs is 1. The molecule has 3 unspecified atom stereocenters. The topological polar surface area (TPSA) is 82.1 Å². The number of hydrogen-bond acceptors (Lipinski definition) is 6. The highest BCUT2D eigenvalue weighted by Crippen LogP contribution is 2.43. The number of carbonyl (C=O) groups is 2. The lowest BCUT2D eigenvalue weighted by Crippen LogP contribution is -2.32. The lowest BCUT2D eigenvalue weighted by Gasteiger charge is -2.40. The Kier molecular flexibility index (Phi) is 13.1. The van der Waals surface area contributed by atoms with Crippen LogP contribution in [0.3, 0.4) is 0 Å². The first kappa shape index (κ1) is 33.2. The van der Waals surface area contributed by atoms with Gasteiger partial charge in [-0.05, 0) is 116 Å². The van der Waals surface area contributed by atoms with Crippen LogP contribution < -0.4 is 0 Å². The minimum atomic E-state index is -0.545. The Bertz CT molecular complexity index is 1190. The summed E-state index contributed by atoms with van der Waals surface area (Å²) < 4.78 is 17.1. The molecule has 2 aromatic carbocycles. The maximum absolute atomic E-state index is 11.9. The second-order valence-corrected chi connectivity index (χ2v) is 12.8. The first-order chi connectivity index (χ1) is 20.9. The summed E-state index contributed by atoms with van der Waals surface area (Å²) in [6.45, 7) is 8.33. The Morgan fingerprint density at radius 3 is 2.30 bits per heavy atom. The smallest absolute Gasteiger partial charge is 0.335 e. The number of rotatable bonds is 15. The molecule has 236 valence electrons. The van der Waals surface area contributed by atoms with Crippen LogP contribution in [-0.4, -0.2) is 43.5 Å². The van der Waals surface area contributed by atoms with Gasteiger partial charge in [-0.25, -0.2) is 4.79 Å². The molecule has 1 aliphatic heterocycles. The van der Waals surface area contributed by atoms with E-state index in [9.17, 15) is 9.59 Å². The van der Waals surface area contributed by atoms with Crippen LogP contribution in [0.1, 0.15) is 102 Å². The molecule has 1 heterocycles. The minimum Gasteiger partial charge on any atom is -0.466 e. The van der Waals surface area contributed by atoms with E-state index < -0.39 is 12.6 Å². The van der Waals surface area contributed by atoms with Gasteiger partial charge in [0.2, 0.25) is 0 Å². The van der Waals surface area contributed by atoms with Crippen molar-refractivity contribution in [3.8, 4) is 0 Å². The van der Waals surface area contributed by atoms with Crippen molar-refractivity contribution >= 4 is 22.7 Å². The van der Waals surface area contributed by atoms with Crippen molar-refractivity contribution in [2.24, 2.45) is 23.7 Å². The predicted molar refractivity (Wildman–Crippen MR) is 171 cm³/mol. The summed E-state index contributed by atoms with van der Waals surface area (Å²) >= 11 is 0. The fourth-order valence-electron chi connectivity index (χ4n) is 7.18. The average Bonchev–Trinajstić information content (AvgIpc) is 3.03. The van der Waals surface area contributed by atoms with E-state index in [2.05, 4.69) is 49.9 Å². The number of aliphatic hydroxyl groups is 1. The van der Waals surface area contributed by atoms with Crippen LogP contribution in [0.2, 0.25) is 0 Å². The Morgan fingerprint density at radius 2 is 1.63 bits per heavy atom. The van der Waals surface area contributed by atoms with Gasteiger partial charge >= 0.3 is 11.9 Å². The van der Waals surface area contributed by atoms with E-state index in [1.54, 1.807) is 0 Å². The fraction of sp³-hybridized carbons (Fsp3) is 0.622. The van der Waals surface area contributed by atoms with Gasteiger partial charge in [0.1, 0.15) is 0 Å². The number of unbranched alkanes of at least 4 members (excludes halogenated alkanes) is 2. The standard InChI is InChI=1S/C37H52O6/c1-4-5-6-7-28-8-9-33-23-34(15-14-32(33)22-28)36-17-16-35(25-43-36)30-12-10-29(11-13-30)31(18-20-41-27(3)39)19-21-42-37(40)26(2)24-38/h8-9,14-15,22-23,29-31,35-36,38H,2,4-7,10-13,16-21,24-25H2,1,3H3. The summed E-state index contributed by atoms with van der Waals surface area (Å²) in [5.41, 5.74) is 2.80. The molecular weight excluding hydrogens is 540 g/mol. The van der Waals surface area contributed by atoms with Crippen LogP contribution in [0, 0.1) is 23.7 Å². The third-order valence-corrected chi connectivity index (χ3v) is 9.83. The van der Waals surface area contributed by atoms with Crippen molar-refractivity contribution < 1.29 is 28.9 Å². The van der Waals surface area contributed by atoms with Crippen molar-refractivity contribution in [1.82, 2.24) is 0 Å². The highest BCUT2D eigenvalue weighted by molar-refractivity contribution is 5.87. The monoisotopic (exact) mass is 592 g/mol. The van der Waals surface area contributed by atoms with Gasteiger partial charge in [0, 0.05) is 6.92 Å². The number of esters is 2. The zero-order chi connectivity index (χ0) is 30.6. The number of aryl methyl sites for hydroxylation is 1.